The summed E-state index contributed by atoms with van der Waals surface area (Å²) < 4.78 is 14.4. The van der Waals surface area contributed by atoms with Crippen LogP contribution in [0.25, 0.3) is 11.0 Å². The average Bonchev–Trinajstić information content (AvgIpc) is 2.70. The van der Waals surface area contributed by atoms with Gasteiger partial charge in [-0.2, -0.15) is 5.26 Å². The first-order chi connectivity index (χ1) is 13.5. The number of benzene rings is 1. The summed E-state index contributed by atoms with van der Waals surface area (Å²) in [7, 11) is 0. The van der Waals surface area contributed by atoms with Crippen LogP contribution in [0.15, 0.2) is 35.3 Å². The second kappa shape index (κ2) is 7.37. The molecule has 0 spiro atoms. The number of hydrogen-bond donors (Lipinski definition) is 1. The van der Waals surface area contributed by atoms with Gasteiger partial charge in [-0.05, 0) is 36.8 Å². The fourth-order valence-corrected chi connectivity index (χ4v) is 3.42. The van der Waals surface area contributed by atoms with E-state index in [4.69, 9.17) is 5.26 Å². The van der Waals surface area contributed by atoms with Crippen LogP contribution in [-0.2, 0) is 6.54 Å². The van der Waals surface area contributed by atoms with E-state index in [2.05, 4.69) is 30.8 Å². The third-order valence-electron chi connectivity index (χ3n) is 4.96. The molecule has 0 radical (unpaired) electrons. The molecule has 0 atom stereocenters. The molecule has 1 aliphatic heterocycles. The number of nitriles is 1. The summed E-state index contributed by atoms with van der Waals surface area (Å²) >= 11 is 0. The number of fused-ring (bicyclic) bond motifs is 1. The summed E-state index contributed by atoms with van der Waals surface area (Å²) in [6, 6.07) is 8.98. The minimum Gasteiger partial charge on any atom is -0.354 e. The van der Waals surface area contributed by atoms with Crippen LogP contribution in [0.4, 0.5) is 10.2 Å². The maximum Gasteiger partial charge on any atom is 0.269 e. The van der Waals surface area contributed by atoms with Crippen LogP contribution in [0, 0.1) is 24.1 Å². The molecule has 28 heavy (non-hydrogen) atoms. The van der Waals surface area contributed by atoms with Crippen molar-refractivity contribution in [3.8, 4) is 6.07 Å². The van der Waals surface area contributed by atoms with Gasteiger partial charge in [0.1, 0.15) is 23.1 Å². The van der Waals surface area contributed by atoms with Crippen molar-refractivity contribution >= 4 is 16.9 Å². The SMILES string of the molecule is Cc1nc2c(F)cc(CN3CCN(c4ccc(C#N)cn4)CC3)cc2[nH]c1=O. The number of nitrogens with one attached hydrogen (secondary N) is 1. The minimum atomic E-state index is -0.424. The number of H-pyrrole nitrogens is 1. The number of aromatic nitrogens is 3. The Morgan fingerprint density at radius 1 is 1.25 bits per heavy atom. The topological polar surface area (TPSA) is 88.9 Å². The van der Waals surface area contributed by atoms with Gasteiger partial charge in [0.25, 0.3) is 5.56 Å². The number of aryl methyl sites for hydroxylation is 1. The summed E-state index contributed by atoms with van der Waals surface area (Å²) in [6.45, 7) is 5.37. The van der Waals surface area contributed by atoms with E-state index in [9.17, 15) is 9.18 Å². The Hall–Kier alpha value is -3.31. The minimum absolute atomic E-state index is 0.192. The highest BCUT2D eigenvalue weighted by Crippen LogP contribution is 2.19. The highest BCUT2D eigenvalue weighted by molar-refractivity contribution is 5.75. The van der Waals surface area contributed by atoms with Crippen LogP contribution in [-0.4, -0.2) is 46.0 Å². The van der Waals surface area contributed by atoms with E-state index in [1.807, 2.05) is 6.07 Å². The first-order valence-corrected chi connectivity index (χ1v) is 9.06. The van der Waals surface area contributed by atoms with Crippen molar-refractivity contribution in [2.45, 2.75) is 13.5 Å². The third kappa shape index (κ3) is 3.57. The number of nitrogens with zero attached hydrogens (tertiary/aromatic N) is 5. The standard InChI is InChI=1S/C20H19FN6O/c1-13-20(28)25-17-9-15(8-16(21)19(17)24-13)12-26-4-6-27(7-5-26)18-3-2-14(10-22)11-23-18/h2-3,8-9,11H,4-7,12H2,1H3,(H,25,28). The maximum atomic E-state index is 14.4. The van der Waals surface area contributed by atoms with Gasteiger partial charge in [0.05, 0.1) is 11.1 Å². The Bertz CT molecular complexity index is 1110. The van der Waals surface area contributed by atoms with E-state index < -0.39 is 5.82 Å². The first-order valence-electron chi connectivity index (χ1n) is 9.06. The second-order valence-electron chi connectivity index (χ2n) is 6.91. The van der Waals surface area contributed by atoms with E-state index >= 15 is 0 Å². The van der Waals surface area contributed by atoms with Crippen molar-refractivity contribution < 1.29 is 4.39 Å². The molecular weight excluding hydrogens is 359 g/mol. The number of piperazine rings is 1. The number of anilines is 1. The molecule has 2 aromatic heterocycles. The molecule has 1 saturated heterocycles. The summed E-state index contributed by atoms with van der Waals surface area (Å²) in [5.74, 6) is 0.432. The zero-order valence-corrected chi connectivity index (χ0v) is 15.4. The quantitative estimate of drug-likeness (QED) is 0.750. The largest absolute Gasteiger partial charge is 0.354 e. The number of hydrogen-bond acceptors (Lipinski definition) is 6. The van der Waals surface area contributed by atoms with E-state index in [1.54, 1.807) is 25.3 Å². The van der Waals surface area contributed by atoms with Crippen LogP contribution < -0.4 is 10.5 Å². The lowest BCUT2D eigenvalue weighted by atomic mass is 10.1. The van der Waals surface area contributed by atoms with Crippen molar-refractivity contribution in [1.82, 2.24) is 19.9 Å². The van der Waals surface area contributed by atoms with E-state index in [1.165, 1.54) is 6.07 Å². The molecule has 1 N–H and O–H groups in total. The molecule has 1 fully saturated rings. The van der Waals surface area contributed by atoms with Gasteiger partial charge < -0.3 is 9.88 Å². The Balaban J connectivity index is 1.45. The monoisotopic (exact) mass is 378 g/mol. The van der Waals surface area contributed by atoms with Gasteiger partial charge in [-0.3, -0.25) is 9.69 Å². The van der Waals surface area contributed by atoms with Gasteiger partial charge >= 0.3 is 0 Å². The molecule has 8 heteroatoms. The number of aromatic amines is 1. The molecule has 1 aliphatic rings. The normalized spacial score (nSPS) is 15.0. The lowest BCUT2D eigenvalue weighted by Crippen LogP contribution is -2.46. The highest BCUT2D eigenvalue weighted by Gasteiger charge is 2.19. The highest BCUT2D eigenvalue weighted by atomic mass is 19.1. The van der Waals surface area contributed by atoms with Crippen molar-refractivity contribution in [1.29, 1.82) is 5.26 Å². The van der Waals surface area contributed by atoms with Crippen LogP contribution >= 0.6 is 0 Å². The van der Waals surface area contributed by atoms with Gasteiger partial charge in [0.15, 0.2) is 5.82 Å². The van der Waals surface area contributed by atoms with Crippen molar-refractivity contribution in [2.75, 3.05) is 31.1 Å². The van der Waals surface area contributed by atoms with Crippen LogP contribution in [0.2, 0.25) is 0 Å². The van der Waals surface area contributed by atoms with Crippen LogP contribution in [0.1, 0.15) is 16.8 Å². The fraction of sp³-hybridized carbons (Fsp3) is 0.300. The molecule has 142 valence electrons. The maximum absolute atomic E-state index is 14.4. The molecule has 0 bridgehead atoms. The molecule has 3 heterocycles. The summed E-state index contributed by atoms with van der Waals surface area (Å²) in [4.78, 5) is 27.3. The summed E-state index contributed by atoms with van der Waals surface area (Å²) in [5, 5.41) is 8.87. The van der Waals surface area contributed by atoms with Gasteiger partial charge in [-0.15, -0.1) is 0 Å². The molecule has 0 aliphatic carbocycles. The summed E-state index contributed by atoms with van der Waals surface area (Å²) in [6.07, 6.45) is 1.58. The number of halogens is 1. The Kier molecular flexibility index (Phi) is 4.75. The molecule has 0 unspecified atom stereocenters. The zero-order chi connectivity index (χ0) is 19.7. The fourth-order valence-electron chi connectivity index (χ4n) is 3.42. The van der Waals surface area contributed by atoms with E-state index in [0.717, 1.165) is 37.6 Å². The number of pyridine rings is 1. The predicted molar refractivity (Wildman–Crippen MR) is 104 cm³/mol. The smallest absolute Gasteiger partial charge is 0.269 e. The molecule has 0 amide bonds. The van der Waals surface area contributed by atoms with Crippen LogP contribution in [0.3, 0.4) is 0 Å². The Morgan fingerprint density at radius 3 is 2.71 bits per heavy atom. The van der Waals surface area contributed by atoms with Gasteiger partial charge in [0, 0.05) is 38.9 Å². The Labute approximate surface area is 161 Å². The third-order valence-corrected chi connectivity index (χ3v) is 4.96. The molecule has 1 aromatic carbocycles. The lowest BCUT2D eigenvalue weighted by Gasteiger charge is -2.35. The molecule has 0 saturated carbocycles. The van der Waals surface area contributed by atoms with Crippen molar-refractivity contribution in [3.63, 3.8) is 0 Å². The predicted octanol–water partition coefficient (Wildman–Crippen LogP) is 1.96. The zero-order valence-electron chi connectivity index (χ0n) is 15.4. The molecule has 3 aromatic rings. The van der Waals surface area contributed by atoms with Crippen LogP contribution in [0.5, 0.6) is 0 Å². The van der Waals surface area contributed by atoms with Gasteiger partial charge in [0.2, 0.25) is 0 Å². The second-order valence-corrected chi connectivity index (χ2v) is 6.91. The van der Waals surface area contributed by atoms with E-state index in [0.29, 0.717) is 17.6 Å². The molecule has 7 nitrogen and oxygen atoms in total. The Morgan fingerprint density at radius 2 is 2.04 bits per heavy atom. The molecular formula is C20H19FN6O. The van der Waals surface area contributed by atoms with Crippen molar-refractivity contribution in [2.24, 2.45) is 0 Å². The van der Waals surface area contributed by atoms with Crippen molar-refractivity contribution in [3.05, 3.63) is 63.5 Å². The first kappa shape index (κ1) is 18.1. The average molecular weight is 378 g/mol. The van der Waals surface area contributed by atoms with Gasteiger partial charge in [-0.25, -0.2) is 14.4 Å². The van der Waals surface area contributed by atoms with E-state index in [-0.39, 0.29) is 16.8 Å². The molecule has 4 rings (SSSR count). The summed E-state index contributed by atoms with van der Waals surface area (Å²) in [5.41, 5.74) is 1.92. The lowest BCUT2D eigenvalue weighted by molar-refractivity contribution is 0.249. The van der Waals surface area contributed by atoms with Gasteiger partial charge in [-0.1, -0.05) is 0 Å². The number of rotatable bonds is 3.